The maximum absolute atomic E-state index is 12.9. The number of carbonyl (C=O) groups excluding carboxylic acids is 1. The molecule has 0 spiro atoms. The number of thiophene rings is 1. The van der Waals surface area contributed by atoms with Crippen LogP contribution in [0.15, 0.2) is 47.4 Å². The highest BCUT2D eigenvalue weighted by Gasteiger charge is 2.34. The van der Waals surface area contributed by atoms with Gasteiger partial charge >= 0.3 is 0 Å². The largest absolute Gasteiger partial charge is 0.488 e. The highest BCUT2D eigenvalue weighted by Crippen LogP contribution is 2.33. The van der Waals surface area contributed by atoms with Gasteiger partial charge in [0.2, 0.25) is 0 Å². The summed E-state index contributed by atoms with van der Waals surface area (Å²) in [5.41, 5.74) is 1.44. The Hall–Kier alpha value is -2.12. The summed E-state index contributed by atoms with van der Waals surface area (Å²) in [6.07, 6.45) is 2.27. The zero-order chi connectivity index (χ0) is 18.1. The maximum Gasteiger partial charge on any atom is 0.253 e. The lowest BCUT2D eigenvalue weighted by atomic mass is 10.1. The average Bonchev–Trinajstić information content (AvgIpc) is 3.12. The third kappa shape index (κ3) is 3.29. The number of hydrogen-bond acceptors (Lipinski definition) is 5. The van der Waals surface area contributed by atoms with Gasteiger partial charge < -0.3 is 9.64 Å². The summed E-state index contributed by atoms with van der Waals surface area (Å²) >= 11 is 1.46. The molecule has 0 saturated carbocycles. The fourth-order valence-electron chi connectivity index (χ4n) is 3.38. The summed E-state index contributed by atoms with van der Waals surface area (Å²) in [6, 6.07) is 11.3. The quantitative estimate of drug-likeness (QED) is 0.792. The fourth-order valence-corrected chi connectivity index (χ4v) is 6.39. The van der Waals surface area contributed by atoms with Crippen molar-refractivity contribution in [2.24, 2.45) is 0 Å². The van der Waals surface area contributed by atoms with Crippen LogP contribution in [0.2, 0.25) is 0 Å². The van der Waals surface area contributed by atoms with Crippen molar-refractivity contribution in [2.45, 2.75) is 11.7 Å². The van der Waals surface area contributed by atoms with Crippen LogP contribution in [0, 0.1) is 0 Å². The first-order valence-electron chi connectivity index (χ1n) is 8.51. The molecule has 2 aliphatic rings. The Morgan fingerprint density at radius 2 is 2.00 bits per heavy atom. The lowest BCUT2D eigenvalue weighted by Gasteiger charge is -2.24. The minimum Gasteiger partial charge on any atom is -0.488 e. The molecule has 0 N–H and O–H groups in total. The molecule has 1 aromatic carbocycles. The first-order chi connectivity index (χ1) is 12.5. The minimum absolute atomic E-state index is 0.00791. The standard InChI is InChI=1S/C19H19NO4S2/c21-19(15-12-14-4-1-2-5-16(14)24-13-15)20-8-7-18(17-6-3-10-25-17)26(22,23)11-9-20/h1-6,10,12,18H,7-9,11,13H2/t18-/m0/s1. The van der Waals surface area contributed by atoms with E-state index in [1.807, 2.05) is 47.9 Å². The molecule has 26 heavy (non-hydrogen) atoms. The molecule has 0 bridgehead atoms. The van der Waals surface area contributed by atoms with Crippen LogP contribution < -0.4 is 4.74 Å². The van der Waals surface area contributed by atoms with Crippen molar-refractivity contribution in [3.63, 3.8) is 0 Å². The van der Waals surface area contributed by atoms with E-state index in [2.05, 4.69) is 0 Å². The molecule has 2 aliphatic heterocycles. The molecule has 4 rings (SSSR count). The van der Waals surface area contributed by atoms with Crippen molar-refractivity contribution in [1.29, 1.82) is 0 Å². The van der Waals surface area contributed by atoms with Crippen LogP contribution in [0.25, 0.3) is 6.08 Å². The molecule has 5 nitrogen and oxygen atoms in total. The first kappa shape index (κ1) is 17.3. The summed E-state index contributed by atoms with van der Waals surface area (Å²) in [4.78, 5) is 15.4. The topological polar surface area (TPSA) is 63.7 Å². The third-order valence-electron chi connectivity index (χ3n) is 4.79. The predicted molar refractivity (Wildman–Crippen MR) is 102 cm³/mol. The Morgan fingerprint density at radius 3 is 2.81 bits per heavy atom. The molecule has 136 valence electrons. The molecule has 7 heteroatoms. The molecular weight excluding hydrogens is 370 g/mol. The van der Waals surface area contributed by atoms with Gasteiger partial charge in [0.1, 0.15) is 12.4 Å². The average molecular weight is 389 g/mol. The molecule has 0 unspecified atom stereocenters. The maximum atomic E-state index is 12.9. The lowest BCUT2D eigenvalue weighted by molar-refractivity contribution is -0.127. The van der Waals surface area contributed by atoms with Gasteiger partial charge in [0.05, 0.1) is 16.6 Å². The Kier molecular flexibility index (Phi) is 4.58. The van der Waals surface area contributed by atoms with Gasteiger partial charge in [-0.25, -0.2) is 8.42 Å². The van der Waals surface area contributed by atoms with Gasteiger partial charge in [-0.2, -0.15) is 0 Å². The van der Waals surface area contributed by atoms with Crippen molar-refractivity contribution in [2.75, 3.05) is 25.4 Å². The third-order valence-corrected chi connectivity index (χ3v) is 8.04. The summed E-state index contributed by atoms with van der Waals surface area (Å²) in [5, 5.41) is 1.37. The van der Waals surface area contributed by atoms with E-state index in [1.54, 1.807) is 4.90 Å². The lowest BCUT2D eigenvalue weighted by Crippen LogP contribution is -2.36. The Bertz CT molecular complexity index is 948. The zero-order valence-electron chi connectivity index (χ0n) is 14.1. The van der Waals surface area contributed by atoms with Crippen LogP contribution in [-0.4, -0.2) is 44.7 Å². The van der Waals surface area contributed by atoms with Crippen molar-refractivity contribution in [1.82, 2.24) is 4.90 Å². The molecule has 1 fully saturated rings. The Morgan fingerprint density at radius 1 is 1.15 bits per heavy atom. The summed E-state index contributed by atoms with van der Waals surface area (Å²) in [7, 11) is -3.26. The summed E-state index contributed by atoms with van der Waals surface area (Å²) in [6.45, 7) is 0.870. The van der Waals surface area contributed by atoms with Crippen molar-refractivity contribution >= 4 is 33.2 Å². The molecular formula is C19H19NO4S2. The van der Waals surface area contributed by atoms with Crippen LogP contribution in [0.1, 0.15) is 22.1 Å². The molecule has 3 heterocycles. The minimum atomic E-state index is -3.26. The summed E-state index contributed by atoms with van der Waals surface area (Å²) < 4.78 is 30.9. The molecule has 1 atom stereocenters. The van der Waals surface area contributed by atoms with Gasteiger partial charge in [-0.1, -0.05) is 24.3 Å². The van der Waals surface area contributed by atoms with Gasteiger partial charge in [-0.05, 0) is 30.0 Å². The second kappa shape index (κ2) is 6.89. The van der Waals surface area contributed by atoms with E-state index in [0.717, 1.165) is 16.2 Å². The number of hydrogen-bond donors (Lipinski definition) is 0. The Balaban J connectivity index is 1.54. The second-order valence-corrected chi connectivity index (χ2v) is 9.73. The number of fused-ring (bicyclic) bond motifs is 1. The van der Waals surface area contributed by atoms with E-state index < -0.39 is 15.1 Å². The van der Waals surface area contributed by atoms with Gasteiger partial charge in [0.15, 0.2) is 9.84 Å². The highest BCUT2D eigenvalue weighted by atomic mass is 32.2. The van der Waals surface area contributed by atoms with E-state index in [9.17, 15) is 13.2 Å². The second-order valence-electron chi connectivity index (χ2n) is 6.45. The van der Waals surface area contributed by atoms with Crippen LogP contribution in [0.3, 0.4) is 0 Å². The fraction of sp³-hybridized carbons (Fsp3) is 0.316. The van der Waals surface area contributed by atoms with E-state index in [1.165, 1.54) is 11.3 Å². The van der Waals surface area contributed by atoms with E-state index in [4.69, 9.17) is 4.74 Å². The number of sulfone groups is 1. The molecule has 0 aliphatic carbocycles. The molecule has 1 aromatic heterocycles. The van der Waals surface area contributed by atoms with Crippen molar-refractivity contribution in [3.05, 3.63) is 57.8 Å². The zero-order valence-corrected chi connectivity index (χ0v) is 15.8. The van der Waals surface area contributed by atoms with Crippen molar-refractivity contribution < 1.29 is 17.9 Å². The van der Waals surface area contributed by atoms with Crippen LogP contribution >= 0.6 is 11.3 Å². The number of nitrogens with zero attached hydrogens (tertiary/aromatic N) is 1. The van der Waals surface area contributed by atoms with Gasteiger partial charge in [-0.15, -0.1) is 11.3 Å². The van der Waals surface area contributed by atoms with Gasteiger partial charge in [0.25, 0.3) is 5.91 Å². The van der Waals surface area contributed by atoms with E-state index in [-0.39, 0.29) is 24.8 Å². The molecule has 0 radical (unpaired) electrons. The van der Waals surface area contributed by atoms with Crippen LogP contribution in [-0.2, 0) is 14.6 Å². The van der Waals surface area contributed by atoms with Gasteiger partial charge in [0, 0.05) is 23.5 Å². The van der Waals surface area contributed by atoms with Gasteiger partial charge in [-0.3, -0.25) is 4.79 Å². The monoisotopic (exact) mass is 389 g/mol. The Labute approximate surface area is 156 Å². The number of carbonyl (C=O) groups is 1. The van der Waals surface area contributed by atoms with E-state index in [0.29, 0.717) is 18.5 Å². The molecule has 1 saturated heterocycles. The SMILES string of the molecule is O=C(C1=Cc2ccccc2OC1)N1CC[C@@H](c2cccs2)S(=O)(=O)CC1. The number of ether oxygens (including phenoxy) is 1. The molecule has 2 aromatic rings. The molecule has 1 amide bonds. The van der Waals surface area contributed by atoms with Crippen LogP contribution in [0.5, 0.6) is 5.75 Å². The normalized spacial score (nSPS) is 21.9. The first-order valence-corrected chi connectivity index (χ1v) is 11.1. The van der Waals surface area contributed by atoms with Crippen LogP contribution in [0.4, 0.5) is 0 Å². The van der Waals surface area contributed by atoms with E-state index >= 15 is 0 Å². The van der Waals surface area contributed by atoms with Crippen molar-refractivity contribution in [3.8, 4) is 5.75 Å². The number of rotatable bonds is 2. The predicted octanol–water partition coefficient (Wildman–Crippen LogP) is 2.91. The number of benzene rings is 1. The number of para-hydroxylation sites is 1. The highest BCUT2D eigenvalue weighted by molar-refractivity contribution is 7.91. The smallest absolute Gasteiger partial charge is 0.253 e. The summed E-state index contributed by atoms with van der Waals surface area (Å²) in [5.74, 6) is 0.619. The number of amides is 1.